The topological polar surface area (TPSA) is 61.2 Å². The maximum absolute atomic E-state index is 11.5. The van der Waals surface area contributed by atoms with Gasteiger partial charge in [-0.15, -0.1) is 0 Å². The van der Waals surface area contributed by atoms with E-state index in [1.165, 1.54) is 17.7 Å². The molecule has 0 saturated carbocycles. The zero-order valence-corrected chi connectivity index (χ0v) is 13.1. The largest absolute Gasteiger partial charge is 0.465 e. The lowest BCUT2D eigenvalue weighted by atomic mass is 10.1. The second-order valence-corrected chi connectivity index (χ2v) is 4.62. The van der Waals surface area contributed by atoms with Gasteiger partial charge in [-0.1, -0.05) is 13.8 Å². The highest BCUT2D eigenvalue weighted by Gasteiger charge is 2.18. The van der Waals surface area contributed by atoms with Gasteiger partial charge in [0.05, 0.1) is 12.8 Å². The SMILES string of the molecule is CC.COC(=O)c1snc(-c2ccc(=O)n(C)c2)c1C. The molecule has 0 amide bonds. The average Bonchev–Trinajstić information content (AvgIpc) is 2.85. The van der Waals surface area contributed by atoms with Crippen LogP contribution in [0.25, 0.3) is 11.3 Å². The van der Waals surface area contributed by atoms with Gasteiger partial charge in [-0.25, -0.2) is 4.79 Å². The second kappa shape index (κ2) is 7.00. The number of hydrogen-bond donors (Lipinski definition) is 0. The standard InChI is InChI=1S/C12H12N2O3S.C2H6/c1-7-10(13-18-11(7)12(16)17-3)8-4-5-9(15)14(2)6-8;1-2/h4-6H,1-3H3;1-2H3. The Labute approximate surface area is 122 Å². The molecule has 20 heavy (non-hydrogen) atoms. The number of carbonyl (C=O) groups is 1. The molecule has 0 spiro atoms. The summed E-state index contributed by atoms with van der Waals surface area (Å²) in [5, 5.41) is 0. The quantitative estimate of drug-likeness (QED) is 0.799. The van der Waals surface area contributed by atoms with Crippen LogP contribution in [0.15, 0.2) is 23.1 Å². The highest BCUT2D eigenvalue weighted by atomic mass is 32.1. The lowest BCUT2D eigenvalue weighted by molar-refractivity contribution is 0.0605. The molecule has 5 nitrogen and oxygen atoms in total. The normalized spacial score (nSPS) is 9.65. The average molecular weight is 294 g/mol. The molecule has 0 aliphatic carbocycles. The van der Waals surface area contributed by atoms with Gasteiger partial charge in [-0.2, -0.15) is 4.37 Å². The zero-order valence-electron chi connectivity index (χ0n) is 12.3. The molecule has 0 saturated heterocycles. The van der Waals surface area contributed by atoms with Crippen molar-refractivity contribution in [2.75, 3.05) is 7.11 Å². The van der Waals surface area contributed by atoms with Gasteiger partial charge in [0.2, 0.25) is 5.56 Å². The van der Waals surface area contributed by atoms with Crippen molar-refractivity contribution in [2.45, 2.75) is 20.8 Å². The van der Waals surface area contributed by atoms with Gasteiger partial charge in [-0.3, -0.25) is 4.79 Å². The number of rotatable bonds is 2. The number of hydrogen-bond acceptors (Lipinski definition) is 5. The molecule has 108 valence electrons. The minimum Gasteiger partial charge on any atom is -0.465 e. The fourth-order valence-electron chi connectivity index (χ4n) is 1.62. The minimum absolute atomic E-state index is 0.0835. The number of esters is 1. The van der Waals surface area contributed by atoms with E-state index in [1.54, 1.807) is 19.3 Å². The predicted molar refractivity (Wildman–Crippen MR) is 80.2 cm³/mol. The maximum atomic E-state index is 11.5. The van der Waals surface area contributed by atoms with E-state index in [-0.39, 0.29) is 11.5 Å². The molecule has 0 aliphatic rings. The van der Waals surface area contributed by atoms with Crippen molar-refractivity contribution in [3.8, 4) is 11.3 Å². The van der Waals surface area contributed by atoms with Crippen molar-refractivity contribution in [1.29, 1.82) is 0 Å². The van der Waals surface area contributed by atoms with Crippen molar-refractivity contribution in [3.05, 3.63) is 39.1 Å². The summed E-state index contributed by atoms with van der Waals surface area (Å²) in [7, 11) is 3.02. The molecule has 0 atom stereocenters. The van der Waals surface area contributed by atoms with Crippen molar-refractivity contribution >= 4 is 17.5 Å². The van der Waals surface area contributed by atoms with Crippen molar-refractivity contribution < 1.29 is 9.53 Å². The number of carbonyl (C=O) groups excluding carboxylic acids is 1. The molecule has 0 bridgehead atoms. The Kier molecular flexibility index (Phi) is 5.64. The predicted octanol–water partition coefficient (Wildman–Crippen LogP) is 2.63. The lowest BCUT2D eigenvalue weighted by Crippen LogP contribution is -2.14. The summed E-state index contributed by atoms with van der Waals surface area (Å²) in [5.41, 5.74) is 2.20. The Morgan fingerprint density at radius 1 is 1.35 bits per heavy atom. The Morgan fingerprint density at radius 3 is 2.55 bits per heavy atom. The molecule has 2 aromatic heterocycles. The highest BCUT2D eigenvalue weighted by Crippen LogP contribution is 2.27. The fourth-order valence-corrected chi connectivity index (χ4v) is 2.44. The number of aromatic nitrogens is 2. The molecular weight excluding hydrogens is 276 g/mol. The molecule has 0 radical (unpaired) electrons. The molecule has 6 heteroatoms. The van der Waals surface area contributed by atoms with Gasteiger partial charge in [-0.05, 0) is 24.5 Å². The van der Waals surface area contributed by atoms with Crippen molar-refractivity contribution in [2.24, 2.45) is 7.05 Å². The first kappa shape index (κ1) is 16.1. The molecule has 0 N–H and O–H groups in total. The third kappa shape index (κ3) is 3.14. The lowest BCUT2D eigenvalue weighted by Gasteiger charge is -2.02. The monoisotopic (exact) mass is 294 g/mol. The van der Waals surface area contributed by atoms with Crippen LogP contribution in [0.1, 0.15) is 29.1 Å². The highest BCUT2D eigenvalue weighted by molar-refractivity contribution is 7.08. The second-order valence-electron chi connectivity index (χ2n) is 3.84. The molecule has 2 heterocycles. The van der Waals surface area contributed by atoms with Gasteiger partial charge in [0.25, 0.3) is 0 Å². The zero-order chi connectivity index (χ0) is 15.3. The van der Waals surface area contributed by atoms with Crippen LogP contribution in [0.3, 0.4) is 0 Å². The molecule has 2 aromatic rings. The Hall–Kier alpha value is -1.95. The van der Waals surface area contributed by atoms with E-state index in [9.17, 15) is 9.59 Å². The fraction of sp³-hybridized carbons (Fsp3) is 0.357. The van der Waals surface area contributed by atoms with Gasteiger partial charge in [0.1, 0.15) is 4.88 Å². The summed E-state index contributed by atoms with van der Waals surface area (Å²) in [6.45, 7) is 5.82. The van der Waals surface area contributed by atoms with Crippen LogP contribution >= 0.6 is 11.5 Å². The number of aryl methyl sites for hydroxylation is 1. The maximum Gasteiger partial charge on any atom is 0.349 e. The van der Waals surface area contributed by atoms with E-state index in [0.717, 1.165) is 22.7 Å². The van der Waals surface area contributed by atoms with Crippen molar-refractivity contribution in [1.82, 2.24) is 8.94 Å². The van der Waals surface area contributed by atoms with Gasteiger partial charge >= 0.3 is 5.97 Å². The first-order chi connectivity index (χ1) is 9.54. The van der Waals surface area contributed by atoms with Crippen LogP contribution in [0, 0.1) is 6.92 Å². The number of pyridine rings is 1. The van der Waals surface area contributed by atoms with Crippen LogP contribution in [0.2, 0.25) is 0 Å². The van der Waals surface area contributed by atoms with Crippen LogP contribution in [-0.2, 0) is 11.8 Å². The number of nitrogens with zero attached hydrogens (tertiary/aromatic N) is 2. The molecule has 0 aliphatic heterocycles. The molecule has 0 aromatic carbocycles. The number of methoxy groups -OCH3 is 1. The summed E-state index contributed by atoms with van der Waals surface area (Å²) < 4.78 is 10.4. The first-order valence-electron chi connectivity index (χ1n) is 6.26. The number of ether oxygens (including phenoxy) is 1. The third-order valence-electron chi connectivity index (χ3n) is 2.65. The smallest absolute Gasteiger partial charge is 0.349 e. The Bertz CT molecular complexity index is 659. The molecular formula is C14H18N2O3S. The molecule has 0 fully saturated rings. The van der Waals surface area contributed by atoms with Gasteiger partial charge in [0.15, 0.2) is 0 Å². The van der Waals surface area contributed by atoms with Gasteiger partial charge in [0, 0.05) is 30.4 Å². The van der Waals surface area contributed by atoms with Crippen LogP contribution < -0.4 is 5.56 Å². The minimum atomic E-state index is -0.388. The van der Waals surface area contributed by atoms with E-state index in [4.69, 9.17) is 0 Å². The Morgan fingerprint density at radius 2 is 2.00 bits per heavy atom. The van der Waals surface area contributed by atoms with Gasteiger partial charge < -0.3 is 9.30 Å². The van der Waals surface area contributed by atoms with Crippen molar-refractivity contribution in [3.63, 3.8) is 0 Å². The summed E-state index contributed by atoms with van der Waals surface area (Å²) >= 11 is 1.10. The van der Waals surface area contributed by atoms with E-state index in [0.29, 0.717) is 10.6 Å². The van der Waals surface area contributed by atoms with Crippen LogP contribution in [0.4, 0.5) is 0 Å². The summed E-state index contributed by atoms with van der Waals surface area (Å²) in [5.74, 6) is -0.388. The van der Waals surface area contributed by atoms with E-state index < -0.39 is 0 Å². The molecule has 2 rings (SSSR count). The van der Waals surface area contributed by atoms with E-state index in [1.807, 2.05) is 20.8 Å². The summed E-state index contributed by atoms with van der Waals surface area (Å²) in [6, 6.07) is 3.18. The van der Waals surface area contributed by atoms with Crippen LogP contribution in [0.5, 0.6) is 0 Å². The van der Waals surface area contributed by atoms with E-state index in [2.05, 4.69) is 9.11 Å². The van der Waals surface area contributed by atoms with E-state index >= 15 is 0 Å². The summed E-state index contributed by atoms with van der Waals surface area (Å²) in [4.78, 5) is 23.3. The summed E-state index contributed by atoms with van der Waals surface area (Å²) in [6.07, 6.45) is 1.70. The first-order valence-corrected chi connectivity index (χ1v) is 7.03. The third-order valence-corrected chi connectivity index (χ3v) is 3.58. The van der Waals surface area contributed by atoms with Crippen LogP contribution in [-0.4, -0.2) is 22.0 Å². The Balaban J connectivity index is 0.000000956. The molecule has 0 unspecified atom stereocenters.